The number of carbonyl (C=O) groups excluding carboxylic acids is 2. The summed E-state index contributed by atoms with van der Waals surface area (Å²) in [6, 6.07) is 48.8. The van der Waals surface area contributed by atoms with Crippen molar-refractivity contribution in [3.05, 3.63) is 227 Å². The minimum atomic E-state index is -3.88. The minimum Gasteiger partial charge on any atom is -0.338 e. The number of benzene rings is 5. The van der Waals surface area contributed by atoms with Crippen molar-refractivity contribution in [2.75, 3.05) is 14.1 Å². The summed E-state index contributed by atoms with van der Waals surface area (Å²) in [5.41, 5.74) is 6.43. The first kappa shape index (κ1) is 53.7. The number of aromatic nitrogens is 2. The maximum atomic E-state index is 13.4. The molecule has 0 N–H and O–H groups in total. The van der Waals surface area contributed by atoms with Gasteiger partial charge >= 0.3 is 0 Å². The maximum Gasteiger partial charge on any atom is 0.278 e. The van der Waals surface area contributed by atoms with Crippen LogP contribution in [0.3, 0.4) is 0 Å². The van der Waals surface area contributed by atoms with E-state index in [1.807, 2.05) is 79.7 Å². The Morgan fingerprint density at radius 1 is 0.536 bits per heavy atom. The highest BCUT2D eigenvalue weighted by Crippen LogP contribution is 2.26. The van der Waals surface area contributed by atoms with Gasteiger partial charge in [0.15, 0.2) is 5.03 Å². The monoisotopic (exact) mass is 988 g/mol. The molecular formula is C56H59ClF2N4O4S2. The summed E-state index contributed by atoms with van der Waals surface area (Å²) in [4.78, 5) is 38.5. The summed E-state index contributed by atoms with van der Waals surface area (Å²) in [5, 5.41) is 0.805. The molecule has 0 saturated heterocycles. The molecular weight excluding hydrogens is 930 g/mol. The van der Waals surface area contributed by atoms with Gasteiger partial charge in [-0.1, -0.05) is 124 Å². The first-order valence-corrected chi connectivity index (χ1v) is 25.6. The fraction of sp³-hybridized carbons (Fsp3) is 0.250. The van der Waals surface area contributed by atoms with Crippen molar-refractivity contribution in [1.82, 2.24) is 19.8 Å². The third-order valence-corrected chi connectivity index (χ3v) is 14.1. The van der Waals surface area contributed by atoms with Gasteiger partial charge in [-0.2, -0.15) is 0 Å². The Balaban J connectivity index is 0.000000256. The number of carbonyl (C=O) groups is 2. The summed E-state index contributed by atoms with van der Waals surface area (Å²) in [5.74, 6) is 0.0516. The first-order chi connectivity index (χ1) is 32.6. The molecule has 13 heteroatoms. The van der Waals surface area contributed by atoms with Crippen LogP contribution in [0.4, 0.5) is 8.78 Å². The van der Waals surface area contributed by atoms with E-state index in [0.29, 0.717) is 24.0 Å². The number of thioether (sulfide) groups is 1. The molecule has 0 aliphatic rings. The van der Waals surface area contributed by atoms with Crippen LogP contribution in [0.2, 0.25) is 0 Å². The van der Waals surface area contributed by atoms with Gasteiger partial charge in [-0.25, -0.2) is 27.2 Å². The first-order valence-electron chi connectivity index (χ1n) is 22.3. The van der Waals surface area contributed by atoms with E-state index < -0.39 is 14.9 Å². The van der Waals surface area contributed by atoms with Gasteiger partial charge in [-0.15, -0.1) is 11.8 Å². The lowest BCUT2D eigenvalue weighted by atomic mass is 9.88. The molecule has 7 aromatic rings. The number of nitrogens with zero attached hydrogens (tertiary/aromatic N) is 4. The van der Waals surface area contributed by atoms with Gasteiger partial charge in [0.2, 0.25) is 0 Å². The average molecular weight is 990 g/mol. The molecule has 4 atom stereocenters. The van der Waals surface area contributed by atoms with Crippen molar-refractivity contribution >= 4 is 43.3 Å². The van der Waals surface area contributed by atoms with E-state index in [4.69, 9.17) is 10.7 Å². The summed E-state index contributed by atoms with van der Waals surface area (Å²) in [6.07, 6.45) is 6.19. The van der Waals surface area contributed by atoms with Gasteiger partial charge in [-0.3, -0.25) is 9.59 Å². The minimum absolute atomic E-state index is 0. The molecule has 360 valence electrons. The quantitative estimate of drug-likeness (QED) is 0.0623. The molecule has 2 heterocycles. The van der Waals surface area contributed by atoms with Crippen LogP contribution in [-0.4, -0.2) is 66.2 Å². The van der Waals surface area contributed by atoms with Gasteiger partial charge in [0.25, 0.3) is 20.9 Å². The average Bonchev–Trinajstić information content (AvgIpc) is 3.35. The van der Waals surface area contributed by atoms with Gasteiger partial charge < -0.3 is 9.80 Å². The summed E-state index contributed by atoms with van der Waals surface area (Å²) >= 11 is 1.73. The Morgan fingerprint density at radius 2 is 0.928 bits per heavy atom. The molecule has 0 spiro atoms. The zero-order chi connectivity index (χ0) is 48.6. The van der Waals surface area contributed by atoms with E-state index in [-0.39, 0.29) is 54.0 Å². The fourth-order valence-electron chi connectivity index (χ4n) is 8.08. The molecule has 69 heavy (non-hydrogen) atoms. The van der Waals surface area contributed by atoms with Crippen LogP contribution in [0, 0.1) is 23.5 Å². The second kappa shape index (κ2) is 26.0. The van der Waals surface area contributed by atoms with Crippen LogP contribution >= 0.6 is 22.4 Å². The Hall–Kier alpha value is -6.21. The van der Waals surface area contributed by atoms with Crippen LogP contribution in [0.25, 0.3) is 0 Å². The number of likely N-dealkylation sites (N-methyl/N-ethyl adjacent to an activating group) is 2. The molecule has 2 amide bonds. The molecule has 2 unspecified atom stereocenters. The molecule has 2 aromatic heterocycles. The van der Waals surface area contributed by atoms with E-state index in [0.717, 1.165) is 40.3 Å². The third kappa shape index (κ3) is 16.2. The van der Waals surface area contributed by atoms with Crippen LogP contribution in [0.15, 0.2) is 186 Å². The molecule has 0 aliphatic heterocycles. The van der Waals surface area contributed by atoms with Crippen LogP contribution in [0.5, 0.6) is 0 Å². The van der Waals surface area contributed by atoms with Gasteiger partial charge in [0, 0.05) is 66.1 Å². The van der Waals surface area contributed by atoms with Gasteiger partial charge in [0.05, 0.1) is 5.03 Å². The number of hydrogen-bond donors (Lipinski definition) is 0. The molecule has 5 aromatic carbocycles. The summed E-state index contributed by atoms with van der Waals surface area (Å²) in [6.45, 7) is 4.22. The van der Waals surface area contributed by atoms with Crippen LogP contribution in [0.1, 0.15) is 69.8 Å². The molecule has 0 saturated carbocycles. The van der Waals surface area contributed by atoms with E-state index in [1.54, 1.807) is 41.9 Å². The number of rotatable bonds is 18. The van der Waals surface area contributed by atoms with Crippen molar-refractivity contribution in [2.45, 2.75) is 74.8 Å². The molecule has 0 aliphatic carbocycles. The predicted octanol–water partition coefficient (Wildman–Crippen LogP) is 12.4. The highest BCUT2D eigenvalue weighted by molar-refractivity contribution is 8.13. The Morgan fingerprint density at radius 3 is 1.29 bits per heavy atom. The van der Waals surface area contributed by atoms with Crippen molar-refractivity contribution in [1.29, 1.82) is 0 Å². The standard InChI is InChI=1S/C31H31FN2OS.C24H24ClFN2O3S.CH4/c1-23(19-26-13-18-30(33-21-26)36-22-25-11-7-4-8-12-25)29(20-24-9-5-3-6-10-24)34(2)31(35)27-14-16-28(32)17-15-27;1-17(14-19-8-13-23(27-16-19)32(25,30)31)22(15-18-6-4-3-5-7-18)28(2)24(29)20-9-11-21(26)12-10-20;/h3-18,21,23,29H,19-20,22H2,1-2H3;3-13,16-17,22H,14-15H2,1-2H3;1H4/t23?,29-;17?,22-;/m00./s1. The number of halogens is 3. The van der Waals surface area contributed by atoms with E-state index in [9.17, 15) is 26.8 Å². The highest BCUT2D eigenvalue weighted by Gasteiger charge is 2.29. The van der Waals surface area contributed by atoms with Crippen molar-refractivity contribution < 1.29 is 26.8 Å². The summed E-state index contributed by atoms with van der Waals surface area (Å²) < 4.78 is 49.6. The lowest BCUT2D eigenvalue weighted by Gasteiger charge is -2.33. The van der Waals surface area contributed by atoms with Gasteiger partial charge in [0.1, 0.15) is 11.6 Å². The van der Waals surface area contributed by atoms with Crippen molar-refractivity contribution in [3.8, 4) is 0 Å². The normalized spacial score (nSPS) is 12.8. The van der Waals surface area contributed by atoms with Crippen LogP contribution < -0.4 is 0 Å². The number of amides is 2. The number of hydrogen-bond acceptors (Lipinski definition) is 7. The van der Waals surface area contributed by atoms with E-state index in [1.165, 1.54) is 59.8 Å². The lowest BCUT2D eigenvalue weighted by molar-refractivity contribution is 0.0672. The second-order valence-electron chi connectivity index (χ2n) is 16.9. The lowest BCUT2D eigenvalue weighted by Crippen LogP contribution is -2.43. The SMILES string of the molecule is C.CC(Cc1ccc(S(=O)(=O)Cl)nc1)[C@H](Cc1ccccc1)N(C)C(=O)c1ccc(F)cc1.CC(Cc1ccc(SCc2ccccc2)nc1)[C@H](Cc1ccccc1)N(C)C(=O)c1ccc(F)cc1. The van der Waals surface area contributed by atoms with E-state index in [2.05, 4.69) is 65.4 Å². The van der Waals surface area contributed by atoms with E-state index >= 15 is 0 Å². The Labute approximate surface area is 415 Å². The topological polar surface area (TPSA) is 101 Å². The highest BCUT2D eigenvalue weighted by atomic mass is 35.7. The smallest absolute Gasteiger partial charge is 0.278 e. The summed E-state index contributed by atoms with van der Waals surface area (Å²) in [7, 11) is 5.05. The van der Waals surface area contributed by atoms with Crippen LogP contribution in [-0.2, 0) is 40.5 Å². The fourth-order valence-corrected chi connectivity index (χ4v) is 9.57. The molecule has 0 fully saturated rings. The molecule has 8 nitrogen and oxygen atoms in total. The molecule has 0 radical (unpaired) electrons. The molecule has 0 bridgehead atoms. The second-order valence-corrected chi connectivity index (χ2v) is 20.5. The largest absolute Gasteiger partial charge is 0.338 e. The molecule has 7 rings (SSSR count). The van der Waals surface area contributed by atoms with Crippen molar-refractivity contribution in [3.63, 3.8) is 0 Å². The zero-order valence-electron chi connectivity index (χ0n) is 38.5. The Bertz CT molecular complexity index is 2780. The maximum absolute atomic E-state index is 13.4. The predicted molar refractivity (Wildman–Crippen MR) is 275 cm³/mol. The Kier molecular flexibility index (Phi) is 20.2. The third-order valence-electron chi connectivity index (χ3n) is 11.9. The zero-order valence-corrected chi connectivity index (χ0v) is 40.8. The number of pyridine rings is 2. The van der Waals surface area contributed by atoms with Gasteiger partial charge in [-0.05, 0) is 126 Å². The van der Waals surface area contributed by atoms with Crippen molar-refractivity contribution in [2.24, 2.45) is 11.8 Å².